The van der Waals surface area contributed by atoms with Crippen LogP contribution in [-0.4, -0.2) is 16.1 Å². The van der Waals surface area contributed by atoms with Gasteiger partial charge in [-0.15, -0.1) is 0 Å². The molecule has 2 heterocycles. The molecular formula is C13H17N3. The van der Waals surface area contributed by atoms with Crippen LogP contribution in [0.3, 0.4) is 0 Å². The van der Waals surface area contributed by atoms with E-state index in [9.17, 15) is 0 Å². The summed E-state index contributed by atoms with van der Waals surface area (Å²) in [5.74, 6) is 1.16. The lowest BCUT2D eigenvalue weighted by atomic mass is 10.0. The molecule has 1 aromatic heterocycles. The monoisotopic (exact) mass is 215 g/mol. The maximum atomic E-state index is 4.66. The highest BCUT2D eigenvalue weighted by atomic mass is 15.1. The fourth-order valence-electron chi connectivity index (χ4n) is 2.52. The Hall–Kier alpha value is -1.51. The van der Waals surface area contributed by atoms with Crippen LogP contribution >= 0.6 is 0 Å². The summed E-state index contributed by atoms with van der Waals surface area (Å²) in [6.07, 6.45) is 3.41. The smallest absolute Gasteiger partial charge is 0.109 e. The topological polar surface area (TPSA) is 29.9 Å². The molecule has 1 N–H and O–H groups in total. The Morgan fingerprint density at radius 2 is 2.31 bits per heavy atom. The van der Waals surface area contributed by atoms with Crippen molar-refractivity contribution in [3.05, 3.63) is 23.5 Å². The lowest BCUT2D eigenvalue weighted by Gasteiger charge is -2.17. The number of hydrogen-bond acceptors (Lipinski definition) is 2. The molecule has 0 radical (unpaired) electrons. The summed E-state index contributed by atoms with van der Waals surface area (Å²) < 4.78 is 2.21. The molecule has 3 rings (SSSR count). The number of rotatable bonds is 1. The Labute approximate surface area is 95.5 Å². The molecule has 2 aromatic rings. The van der Waals surface area contributed by atoms with Crippen molar-refractivity contribution >= 4 is 16.7 Å². The Balaban J connectivity index is 2.25. The molecule has 0 aliphatic carbocycles. The Morgan fingerprint density at radius 3 is 3.12 bits per heavy atom. The first kappa shape index (κ1) is 9.70. The molecule has 0 saturated carbocycles. The highest BCUT2D eigenvalue weighted by molar-refractivity contribution is 5.82. The molecule has 1 aliphatic rings. The minimum absolute atomic E-state index is 0.989. The summed E-state index contributed by atoms with van der Waals surface area (Å²) in [5, 5.41) is 3.45. The van der Waals surface area contributed by atoms with Gasteiger partial charge >= 0.3 is 0 Å². The number of imidazole rings is 1. The second kappa shape index (κ2) is 3.51. The number of anilines is 1. The van der Waals surface area contributed by atoms with Gasteiger partial charge in [-0.25, -0.2) is 4.98 Å². The summed E-state index contributed by atoms with van der Waals surface area (Å²) >= 11 is 0. The minimum Gasteiger partial charge on any atom is -0.385 e. The second-order valence-corrected chi connectivity index (χ2v) is 4.47. The van der Waals surface area contributed by atoms with Crippen LogP contribution in [0.15, 0.2) is 12.1 Å². The van der Waals surface area contributed by atoms with Gasteiger partial charge in [-0.05, 0) is 30.5 Å². The average Bonchev–Trinajstić information content (AvgIpc) is 2.63. The van der Waals surface area contributed by atoms with Gasteiger partial charge in [0, 0.05) is 25.7 Å². The molecule has 0 saturated heterocycles. The van der Waals surface area contributed by atoms with E-state index in [1.165, 1.54) is 29.6 Å². The average molecular weight is 215 g/mol. The third-order valence-electron chi connectivity index (χ3n) is 3.45. The number of nitrogens with one attached hydrogen (secondary N) is 1. The van der Waals surface area contributed by atoms with Gasteiger partial charge in [-0.1, -0.05) is 6.92 Å². The Morgan fingerprint density at radius 1 is 1.44 bits per heavy atom. The Bertz CT molecular complexity index is 540. The maximum absolute atomic E-state index is 4.66. The number of nitrogens with zero attached hydrogens (tertiary/aromatic N) is 2. The largest absolute Gasteiger partial charge is 0.385 e. The molecule has 0 spiro atoms. The standard InChI is InChI=1S/C13H17N3/c1-3-13-15-11-8-10-9(5-4-6-14-10)7-12(11)16(13)2/h7-8,14H,3-6H2,1-2H3. The van der Waals surface area contributed by atoms with Gasteiger partial charge in [0.15, 0.2) is 0 Å². The van der Waals surface area contributed by atoms with Crippen molar-refractivity contribution in [1.29, 1.82) is 0 Å². The maximum Gasteiger partial charge on any atom is 0.109 e. The second-order valence-electron chi connectivity index (χ2n) is 4.47. The van der Waals surface area contributed by atoms with E-state index in [0.29, 0.717) is 0 Å². The first-order valence-electron chi connectivity index (χ1n) is 6.01. The van der Waals surface area contributed by atoms with Crippen LogP contribution in [0, 0.1) is 0 Å². The van der Waals surface area contributed by atoms with Crippen molar-refractivity contribution in [2.24, 2.45) is 7.05 Å². The molecule has 16 heavy (non-hydrogen) atoms. The van der Waals surface area contributed by atoms with Crippen molar-refractivity contribution in [3.63, 3.8) is 0 Å². The molecule has 3 nitrogen and oxygen atoms in total. The number of aryl methyl sites for hydroxylation is 3. The zero-order valence-corrected chi connectivity index (χ0v) is 9.88. The van der Waals surface area contributed by atoms with E-state index in [4.69, 9.17) is 0 Å². The van der Waals surface area contributed by atoms with E-state index < -0.39 is 0 Å². The minimum atomic E-state index is 0.989. The Kier molecular flexibility index (Phi) is 2.13. The van der Waals surface area contributed by atoms with E-state index in [1.807, 2.05) is 0 Å². The normalized spacial score (nSPS) is 14.9. The molecule has 1 aliphatic heterocycles. The van der Waals surface area contributed by atoms with E-state index in [1.54, 1.807) is 0 Å². The number of fused-ring (bicyclic) bond motifs is 2. The van der Waals surface area contributed by atoms with Gasteiger partial charge in [0.05, 0.1) is 11.0 Å². The fraction of sp³-hybridized carbons (Fsp3) is 0.462. The molecule has 84 valence electrons. The van der Waals surface area contributed by atoms with Gasteiger partial charge < -0.3 is 9.88 Å². The highest BCUT2D eigenvalue weighted by Gasteiger charge is 2.13. The predicted molar refractivity (Wildman–Crippen MR) is 66.9 cm³/mol. The van der Waals surface area contributed by atoms with Crippen molar-refractivity contribution in [2.45, 2.75) is 26.2 Å². The van der Waals surface area contributed by atoms with E-state index in [2.05, 4.69) is 41.0 Å². The molecule has 0 atom stereocenters. The van der Waals surface area contributed by atoms with Gasteiger partial charge in [0.25, 0.3) is 0 Å². The number of benzene rings is 1. The predicted octanol–water partition coefficient (Wildman–Crippen LogP) is 2.49. The fourth-order valence-corrected chi connectivity index (χ4v) is 2.52. The van der Waals surface area contributed by atoms with Crippen molar-refractivity contribution in [2.75, 3.05) is 11.9 Å². The van der Waals surface area contributed by atoms with Gasteiger partial charge in [0.2, 0.25) is 0 Å². The zero-order valence-electron chi connectivity index (χ0n) is 9.88. The number of aromatic nitrogens is 2. The van der Waals surface area contributed by atoms with Gasteiger partial charge in [0.1, 0.15) is 5.82 Å². The lowest BCUT2D eigenvalue weighted by Crippen LogP contribution is -2.11. The number of hydrogen-bond donors (Lipinski definition) is 1. The lowest BCUT2D eigenvalue weighted by molar-refractivity contribution is 0.821. The molecule has 0 fully saturated rings. The van der Waals surface area contributed by atoms with Gasteiger partial charge in [-0.2, -0.15) is 0 Å². The summed E-state index contributed by atoms with van der Waals surface area (Å²) in [6, 6.07) is 4.49. The van der Waals surface area contributed by atoms with E-state index >= 15 is 0 Å². The van der Waals surface area contributed by atoms with Crippen molar-refractivity contribution < 1.29 is 0 Å². The van der Waals surface area contributed by atoms with Crippen LogP contribution in [-0.2, 0) is 19.9 Å². The van der Waals surface area contributed by atoms with Crippen LogP contribution in [0.1, 0.15) is 24.7 Å². The van der Waals surface area contributed by atoms with Crippen molar-refractivity contribution in [3.8, 4) is 0 Å². The van der Waals surface area contributed by atoms with Crippen LogP contribution in [0.2, 0.25) is 0 Å². The van der Waals surface area contributed by atoms with Crippen LogP contribution in [0.25, 0.3) is 11.0 Å². The molecule has 0 amide bonds. The molecule has 1 aromatic carbocycles. The van der Waals surface area contributed by atoms with E-state index in [-0.39, 0.29) is 0 Å². The van der Waals surface area contributed by atoms with Crippen LogP contribution in [0.5, 0.6) is 0 Å². The first-order valence-corrected chi connectivity index (χ1v) is 6.01. The molecular weight excluding hydrogens is 198 g/mol. The summed E-state index contributed by atoms with van der Waals surface area (Å²) in [5.41, 5.74) is 5.09. The summed E-state index contributed by atoms with van der Waals surface area (Å²) in [4.78, 5) is 4.66. The third kappa shape index (κ3) is 1.31. The molecule has 0 unspecified atom stereocenters. The third-order valence-corrected chi connectivity index (χ3v) is 3.45. The zero-order chi connectivity index (χ0) is 11.1. The SMILES string of the molecule is CCc1nc2cc3c(cc2n1C)CCCN3. The van der Waals surface area contributed by atoms with Crippen molar-refractivity contribution in [1.82, 2.24) is 9.55 Å². The van der Waals surface area contributed by atoms with Gasteiger partial charge in [-0.3, -0.25) is 0 Å². The van der Waals surface area contributed by atoms with Crippen LogP contribution in [0.4, 0.5) is 5.69 Å². The highest BCUT2D eigenvalue weighted by Crippen LogP contribution is 2.27. The van der Waals surface area contributed by atoms with Crippen LogP contribution < -0.4 is 5.32 Å². The first-order chi connectivity index (χ1) is 7.79. The molecule has 3 heteroatoms. The van der Waals surface area contributed by atoms with E-state index in [0.717, 1.165) is 24.3 Å². The summed E-state index contributed by atoms with van der Waals surface area (Å²) in [6.45, 7) is 3.24. The molecule has 0 bridgehead atoms. The quantitative estimate of drug-likeness (QED) is 0.792. The summed E-state index contributed by atoms with van der Waals surface area (Å²) in [7, 11) is 2.11.